The molecule has 10 rings (SSSR count). The van der Waals surface area contributed by atoms with Gasteiger partial charge in [-0.3, -0.25) is 0 Å². The van der Waals surface area contributed by atoms with Gasteiger partial charge in [0.05, 0.1) is 0 Å². The van der Waals surface area contributed by atoms with Crippen LogP contribution in [0.3, 0.4) is 0 Å². The summed E-state index contributed by atoms with van der Waals surface area (Å²) in [7, 11) is 0. The minimum atomic E-state index is -0.0969. The summed E-state index contributed by atoms with van der Waals surface area (Å²) in [5.74, 6) is 0. The predicted molar refractivity (Wildman–Crippen MR) is 268 cm³/mol. The van der Waals surface area contributed by atoms with E-state index in [-0.39, 0.29) is 28.4 Å². The normalized spacial score (nSPS) is 14.0. The van der Waals surface area contributed by atoms with E-state index in [0.717, 1.165) is 38.8 Å². The standard InChI is InChI=1S/C58H59BN2O/c1-55(2,3)38-20-26-43(27-21-38)61-49-30-23-40(57(7,8)9)33-47(49)59-46-32-39(56(4,5)6)22-29-48(46)60(50-34-41(58(10,11)12)35-51(61)54(50)59)42-24-17-36(18-25-42)37-19-28-45-44-15-13-14-16-52(44)62-53(45)31-37/h13-35H,1-12H3. The summed E-state index contributed by atoms with van der Waals surface area (Å²) in [5, 5.41) is 2.30. The second-order valence-electron chi connectivity index (χ2n) is 22.0. The predicted octanol–water partition coefficient (Wildman–Crippen LogP) is 14.5. The Morgan fingerprint density at radius 3 is 1.34 bits per heavy atom. The lowest BCUT2D eigenvalue weighted by Gasteiger charge is -2.45. The molecule has 0 spiro atoms. The van der Waals surface area contributed by atoms with E-state index < -0.39 is 0 Å². The molecule has 7 aromatic carbocycles. The van der Waals surface area contributed by atoms with Crippen LogP contribution in [0.4, 0.5) is 34.1 Å². The first-order valence-electron chi connectivity index (χ1n) is 22.5. The van der Waals surface area contributed by atoms with Crippen molar-refractivity contribution in [1.29, 1.82) is 0 Å². The van der Waals surface area contributed by atoms with Gasteiger partial charge in [-0.05, 0) is 138 Å². The summed E-state index contributed by atoms with van der Waals surface area (Å²) in [4.78, 5) is 5.12. The van der Waals surface area contributed by atoms with Crippen LogP contribution < -0.4 is 26.2 Å². The molecular weight excluding hydrogens is 751 g/mol. The SMILES string of the molecule is CC(C)(C)c1ccc(N2c3ccc(C(C)(C)C)cc3B3c4cc(C(C)(C)C)ccc4N(c4ccc(-c5ccc6c(c5)oc5ccccc56)cc4)c4cc(C(C)(C)C)cc2c43)cc1. The van der Waals surface area contributed by atoms with Gasteiger partial charge in [-0.25, -0.2) is 0 Å². The minimum absolute atomic E-state index is 0.0130. The maximum atomic E-state index is 6.32. The van der Waals surface area contributed by atoms with Gasteiger partial charge in [0.2, 0.25) is 0 Å². The van der Waals surface area contributed by atoms with Crippen LogP contribution in [-0.2, 0) is 21.7 Å². The summed E-state index contributed by atoms with van der Waals surface area (Å²) < 4.78 is 6.32. The molecular formula is C58H59BN2O. The van der Waals surface area contributed by atoms with E-state index in [1.54, 1.807) is 0 Å². The van der Waals surface area contributed by atoms with Gasteiger partial charge in [0, 0.05) is 44.9 Å². The van der Waals surface area contributed by atoms with Gasteiger partial charge in [-0.15, -0.1) is 0 Å². The Morgan fingerprint density at radius 1 is 0.371 bits per heavy atom. The Bertz CT molecular complexity index is 3050. The third-order valence-corrected chi connectivity index (χ3v) is 13.5. The number of hydrogen-bond donors (Lipinski definition) is 0. The second-order valence-corrected chi connectivity index (χ2v) is 22.0. The Kier molecular flexibility index (Phi) is 8.89. The molecule has 0 saturated carbocycles. The Labute approximate surface area is 369 Å². The fourth-order valence-electron chi connectivity index (χ4n) is 9.75. The number of benzene rings is 7. The molecule has 0 N–H and O–H groups in total. The van der Waals surface area contributed by atoms with Gasteiger partial charge in [0.15, 0.2) is 0 Å². The highest BCUT2D eigenvalue weighted by molar-refractivity contribution is 7.00. The molecule has 0 bridgehead atoms. The molecule has 8 aromatic rings. The van der Waals surface area contributed by atoms with E-state index in [9.17, 15) is 0 Å². The van der Waals surface area contributed by atoms with E-state index in [1.165, 1.54) is 67.1 Å². The quantitative estimate of drug-likeness (QED) is 0.166. The monoisotopic (exact) mass is 810 g/mol. The number of nitrogens with zero attached hydrogens (tertiary/aromatic N) is 2. The fourth-order valence-corrected chi connectivity index (χ4v) is 9.75. The molecule has 310 valence electrons. The fraction of sp³-hybridized carbons (Fsp3) is 0.276. The van der Waals surface area contributed by atoms with Gasteiger partial charge >= 0.3 is 0 Å². The summed E-state index contributed by atoms with van der Waals surface area (Å²) in [6.07, 6.45) is 0. The third-order valence-electron chi connectivity index (χ3n) is 13.5. The van der Waals surface area contributed by atoms with E-state index in [0.29, 0.717) is 0 Å². The lowest BCUT2D eigenvalue weighted by molar-refractivity contribution is 0.589. The first-order valence-corrected chi connectivity index (χ1v) is 22.5. The molecule has 2 aliphatic heterocycles. The Balaban J connectivity index is 1.22. The van der Waals surface area contributed by atoms with Crippen LogP contribution in [0.25, 0.3) is 33.1 Å². The van der Waals surface area contributed by atoms with E-state index >= 15 is 0 Å². The lowest BCUT2D eigenvalue weighted by atomic mass is 9.33. The molecule has 3 nitrogen and oxygen atoms in total. The van der Waals surface area contributed by atoms with Crippen LogP contribution in [0.1, 0.15) is 105 Å². The number of hydrogen-bond acceptors (Lipinski definition) is 3. The number of fused-ring (bicyclic) bond motifs is 7. The third kappa shape index (κ3) is 6.57. The van der Waals surface area contributed by atoms with Crippen molar-refractivity contribution >= 4 is 79.2 Å². The smallest absolute Gasteiger partial charge is 0.252 e. The number of anilines is 6. The molecule has 0 unspecified atom stereocenters. The van der Waals surface area contributed by atoms with E-state index in [1.807, 2.05) is 12.1 Å². The molecule has 62 heavy (non-hydrogen) atoms. The molecule has 0 radical (unpaired) electrons. The molecule has 0 amide bonds. The largest absolute Gasteiger partial charge is 0.456 e. The maximum absolute atomic E-state index is 6.32. The zero-order valence-electron chi connectivity index (χ0n) is 38.7. The molecule has 1 aromatic heterocycles. The van der Waals surface area contributed by atoms with Crippen molar-refractivity contribution in [3.63, 3.8) is 0 Å². The maximum Gasteiger partial charge on any atom is 0.252 e. The molecule has 2 aliphatic rings. The minimum Gasteiger partial charge on any atom is -0.456 e. The molecule has 0 aliphatic carbocycles. The van der Waals surface area contributed by atoms with Crippen molar-refractivity contribution < 1.29 is 4.42 Å². The lowest BCUT2D eigenvalue weighted by Crippen LogP contribution is -2.61. The van der Waals surface area contributed by atoms with Crippen molar-refractivity contribution in [2.75, 3.05) is 9.80 Å². The van der Waals surface area contributed by atoms with Gasteiger partial charge in [0.1, 0.15) is 11.2 Å². The van der Waals surface area contributed by atoms with Crippen LogP contribution in [-0.4, -0.2) is 6.71 Å². The zero-order chi connectivity index (χ0) is 43.7. The average molecular weight is 811 g/mol. The van der Waals surface area contributed by atoms with Crippen LogP contribution in [0.15, 0.2) is 144 Å². The van der Waals surface area contributed by atoms with E-state index in [4.69, 9.17) is 4.42 Å². The van der Waals surface area contributed by atoms with Gasteiger partial charge in [-0.1, -0.05) is 156 Å². The van der Waals surface area contributed by atoms with Crippen molar-refractivity contribution in [3.05, 3.63) is 162 Å². The number of para-hydroxylation sites is 1. The van der Waals surface area contributed by atoms with Crippen molar-refractivity contribution in [3.8, 4) is 11.1 Å². The topological polar surface area (TPSA) is 19.6 Å². The van der Waals surface area contributed by atoms with Gasteiger partial charge in [0.25, 0.3) is 6.71 Å². The summed E-state index contributed by atoms with van der Waals surface area (Å²) in [6, 6.07) is 53.0. The first kappa shape index (κ1) is 40.1. The van der Waals surface area contributed by atoms with Crippen molar-refractivity contribution in [2.24, 2.45) is 0 Å². The first-order chi connectivity index (χ1) is 29.3. The molecule has 4 heteroatoms. The highest BCUT2D eigenvalue weighted by atomic mass is 16.3. The molecule has 3 heterocycles. The zero-order valence-corrected chi connectivity index (χ0v) is 38.7. The second kappa shape index (κ2) is 13.8. The van der Waals surface area contributed by atoms with Crippen LogP contribution in [0.5, 0.6) is 0 Å². The van der Waals surface area contributed by atoms with Crippen molar-refractivity contribution in [1.82, 2.24) is 0 Å². The van der Waals surface area contributed by atoms with Crippen LogP contribution in [0.2, 0.25) is 0 Å². The molecule has 0 atom stereocenters. The van der Waals surface area contributed by atoms with Crippen LogP contribution >= 0.6 is 0 Å². The summed E-state index contributed by atoms with van der Waals surface area (Å²) in [6.45, 7) is 28.0. The highest BCUT2D eigenvalue weighted by Gasteiger charge is 2.45. The van der Waals surface area contributed by atoms with E-state index in [2.05, 4.69) is 220 Å². The summed E-state index contributed by atoms with van der Waals surface area (Å²) in [5.41, 5.74) is 20.8. The number of rotatable bonds is 3. The Morgan fingerprint density at radius 2 is 0.823 bits per heavy atom. The van der Waals surface area contributed by atoms with Gasteiger partial charge in [-0.2, -0.15) is 0 Å². The Hall–Kier alpha value is -6.00. The van der Waals surface area contributed by atoms with Gasteiger partial charge < -0.3 is 14.2 Å². The average Bonchev–Trinajstić information content (AvgIpc) is 3.60. The van der Waals surface area contributed by atoms with Crippen LogP contribution in [0, 0.1) is 0 Å². The molecule has 0 fully saturated rings. The number of furan rings is 1. The van der Waals surface area contributed by atoms with Crippen molar-refractivity contribution in [2.45, 2.75) is 105 Å². The highest BCUT2D eigenvalue weighted by Crippen LogP contribution is 2.47. The molecule has 0 saturated heterocycles. The summed E-state index contributed by atoms with van der Waals surface area (Å²) >= 11 is 0.